The quantitative estimate of drug-likeness (QED) is 0.702. The zero-order valence-corrected chi connectivity index (χ0v) is 12.1. The molecule has 0 aromatic heterocycles. The van der Waals surface area contributed by atoms with Crippen molar-refractivity contribution >= 4 is 47.8 Å². The van der Waals surface area contributed by atoms with Crippen molar-refractivity contribution in [2.45, 2.75) is 17.4 Å². The maximum atomic E-state index is 5.82. The van der Waals surface area contributed by atoms with Gasteiger partial charge in [-0.15, -0.1) is 0 Å². The monoisotopic (exact) mass is 382 g/mol. The topological polar surface area (TPSA) is 9.23 Å². The Morgan fingerprint density at radius 3 is 3.00 bits per heavy atom. The summed E-state index contributed by atoms with van der Waals surface area (Å²) in [5.74, 6) is 1.02. The molecule has 1 aliphatic heterocycles. The number of ether oxygens (including phenoxy) is 1. The molecule has 4 heteroatoms. The van der Waals surface area contributed by atoms with Gasteiger partial charge in [0.05, 0.1) is 4.83 Å². The van der Waals surface area contributed by atoms with E-state index < -0.39 is 0 Å². The van der Waals surface area contributed by atoms with E-state index in [1.165, 1.54) is 5.56 Å². The van der Waals surface area contributed by atoms with Gasteiger partial charge in [-0.2, -0.15) is 0 Å². The lowest BCUT2D eigenvalue weighted by atomic mass is 10.1. The molecule has 0 amide bonds. The lowest BCUT2D eigenvalue weighted by Gasteiger charge is -2.14. The molecule has 0 aliphatic carbocycles. The number of benzene rings is 1. The van der Waals surface area contributed by atoms with Gasteiger partial charge in [-0.25, -0.2) is 0 Å². The average molecular weight is 385 g/mol. The highest BCUT2D eigenvalue weighted by molar-refractivity contribution is 9.12. The number of halogens is 3. The van der Waals surface area contributed by atoms with E-state index in [4.69, 9.17) is 4.74 Å². The number of hydrogen-bond acceptors (Lipinski definition) is 1. The summed E-state index contributed by atoms with van der Waals surface area (Å²) < 4.78 is 6.93. The fourth-order valence-electron chi connectivity index (χ4n) is 1.55. The smallest absolute Gasteiger partial charge is 0.123 e. The molecule has 1 heterocycles. The average Bonchev–Trinajstić information content (AvgIpc) is 2.59. The van der Waals surface area contributed by atoms with Gasteiger partial charge in [0.2, 0.25) is 0 Å². The fourth-order valence-corrected chi connectivity index (χ4v) is 2.67. The van der Waals surface area contributed by atoms with Gasteiger partial charge < -0.3 is 4.74 Å². The number of alkyl halides is 2. The normalized spacial score (nSPS) is 21.5. The maximum Gasteiger partial charge on any atom is 0.123 e. The van der Waals surface area contributed by atoms with Crippen LogP contribution in [0.2, 0.25) is 0 Å². The van der Waals surface area contributed by atoms with Gasteiger partial charge in [-0.1, -0.05) is 47.8 Å². The minimum atomic E-state index is 0.249. The zero-order chi connectivity index (χ0) is 10.1. The molecule has 1 aliphatic rings. The highest BCUT2D eigenvalue weighted by Crippen LogP contribution is 2.33. The molecule has 1 aromatic carbocycles. The Kier molecular flexibility index (Phi) is 3.55. The first kappa shape index (κ1) is 11.0. The first-order valence-electron chi connectivity index (χ1n) is 4.36. The number of hydrogen-bond donors (Lipinski definition) is 0. The third-order valence-electron chi connectivity index (χ3n) is 2.27. The predicted molar refractivity (Wildman–Crippen MR) is 68.8 cm³/mol. The van der Waals surface area contributed by atoms with Crippen molar-refractivity contribution in [2.75, 3.05) is 5.33 Å². The van der Waals surface area contributed by atoms with Crippen LogP contribution in [-0.2, 0) is 6.42 Å². The first-order valence-corrected chi connectivity index (χ1v) is 7.19. The van der Waals surface area contributed by atoms with Crippen LogP contribution in [0.5, 0.6) is 5.75 Å². The summed E-state index contributed by atoms with van der Waals surface area (Å²) in [6, 6.07) is 6.16. The van der Waals surface area contributed by atoms with E-state index in [-0.39, 0.29) is 6.10 Å². The SMILES string of the molecule is BrCC(Br)C1Cc2cc(Br)ccc2O1. The third-order valence-corrected chi connectivity index (χ3v) is 5.25. The van der Waals surface area contributed by atoms with Crippen molar-refractivity contribution < 1.29 is 4.74 Å². The van der Waals surface area contributed by atoms with E-state index in [1.807, 2.05) is 12.1 Å². The number of rotatable bonds is 2. The molecule has 0 bridgehead atoms. The highest BCUT2D eigenvalue weighted by Gasteiger charge is 2.28. The minimum absolute atomic E-state index is 0.249. The lowest BCUT2D eigenvalue weighted by molar-refractivity contribution is 0.237. The van der Waals surface area contributed by atoms with Crippen LogP contribution in [0.15, 0.2) is 22.7 Å². The summed E-state index contributed by atoms with van der Waals surface area (Å²) in [7, 11) is 0. The molecule has 76 valence electrons. The highest BCUT2D eigenvalue weighted by atomic mass is 79.9. The molecule has 0 saturated heterocycles. The van der Waals surface area contributed by atoms with Gasteiger partial charge in [0.15, 0.2) is 0 Å². The Bertz CT molecular complexity index is 340. The molecule has 1 nitrogen and oxygen atoms in total. The summed E-state index contributed by atoms with van der Waals surface area (Å²) in [6.45, 7) is 0. The lowest BCUT2D eigenvalue weighted by Crippen LogP contribution is -2.26. The largest absolute Gasteiger partial charge is 0.489 e. The molecule has 0 saturated carbocycles. The third kappa shape index (κ3) is 2.17. The maximum absolute atomic E-state index is 5.82. The van der Waals surface area contributed by atoms with Crippen molar-refractivity contribution in [2.24, 2.45) is 0 Å². The number of fused-ring (bicyclic) bond motifs is 1. The van der Waals surface area contributed by atoms with Crippen LogP contribution in [0.25, 0.3) is 0 Å². The molecular formula is C10H9Br3O. The Balaban J connectivity index is 2.17. The van der Waals surface area contributed by atoms with Crippen molar-refractivity contribution in [1.82, 2.24) is 0 Å². The van der Waals surface area contributed by atoms with Crippen LogP contribution in [0, 0.1) is 0 Å². The summed E-state index contributed by atoms with van der Waals surface area (Å²) in [4.78, 5) is 0.369. The van der Waals surface area contributed by atoms with Gasteiger partial charge in [0.25, 0.3) is 0 Å². The van der Waals surface area contributed by atoms with Crippen LogP contribution in [0.3, 0.4) is 0 Å². The Morgan fingerprint density at radius 1 is 1.50 bits per heavy atom. The molecular weight excluding hydrogens is 376 g/mol. The minimum Gasteiger partial charge on any atom is -0.489 e. The van der Waals surface area contributed by atoms with Crippen LogP contribution < -0.4 is 4.74 Å². The Labute approximate surface area is 109 Å². The van der Waals surface area contributed by atoms with Gasteiger partial charge >= 0.3 is 0 Å². The summed E-state index contributed by atoms with van der Waals surface area (Å²) in [5, 5.41) is 0.910. The molecule has 2 atom stereocenters. The molecule has 0 fully saturated rings. The predicted octanol–water partition coefficient (Wildman–Crippen LogP) is 3.91. The summed E-state index contributed by atoms with van der Waals surface area (Å²) >= 11 is 10.5. The van der Waals surface area contributed by atoms with E-state index in [0.29, 0.717) is 4.83 Å². The molecule has 1 aromatic rings. The van der Waals surface area contributed by atoms with Crippen molar-refractivity contribution in [3.63, 3.8) is 0 Å². The van der Waals surface area contributed by atoms with E-state index in [0.717, 1.165) is 22.0 Å². The van der Waals surface area contributed by atoms with E-state index in [1.54, 1.807) is 0 Å². The van der Waals surface area contributed by atoms with Gasteiger partial charge in [0.1, 0.15) is 11.9 Å². The first-order chi connectivity index (χ1) is 6.70. The van der Waals surface area contributed by atoms with Gasteiger partial charge in [0, 0.05) is 16.2 Å². The van der Waals surface area contributed by atoms with Crippen molar-refractivity contribution in [1.29, 1.82) is 0 Å². The summed E-state index contributed by atoms with van der Waals surface area (Å²) in [6.07, 6.45) is 1.23. The van der Waals surface area contributed by atoms with Crippen LogP contribution in [-0.4, -0.2) is 16.3 Å². The standard InChI is InChI=1S/C10H9Br3O/c11-5-8(13)10-4-6-3-7(12)1-2-9(6)14-10/h1-3,8,10H,4-5H2. The van der Waals surface area contributed by atoms with E-state index >= 15 is 0 Å². The molecule has 2 unspecified atom stereocenters. The Morgan fingerprint density at radius 2 is 2.29 bits per heavy atom. The second-order valence-electron chi connectivity index (χ2n) is 3.28. The van der Waals surface area contributed by atoms with Crippen molar-refractivity contribution in [3.05, 3.63) is 28.2 Å². The van der Waals surface area contributed by atoms with Gasteiger partial charge in [-0.05, 0) is 23.8 Å². The van der Waals surface area contributed by atoms with E-state index in [9.17, 15) is 0 Å². The fraction of sp³-hybridized carbons (Fsp3) is 0.400. The summed E-state index contributed by atoms with van der Waals surface area (Å²) in [5.41, 5.74) is 1.29. The second kappa shape index (κ2) is 4.54. The molecule has 14 heavy (non-hydrogen) atoms. The van der Waals surface area contributed by atoms with E-state index in [2.05, 4.69) is 53.9 Å². The molecule has 0 spiro atoms. The zero-order valence-electron chi connectivity index (χ0n) is 7.34. The van der Waals surface area contributed by atoms with Crippen LogP contribution in [0.4, 0.5) is 0 Å². The van der Waals surface area contributed by atoms with Crippen molar-refractivity contribution in [3.8, 4) is 5.75 Å². The molecule has 0 N–H and O–H groups in total. The van der Waals surface area contributed by atoms with Gasteiger partial charge in [-0.3, -0.25) is 0 Å². The Hall–Kier alpha value is 0.460. The molecule has 2 rings (SSSR count). The van der Waals surface area contributed by atoms with Crippen LogP contribution in [0.1, 0.15) is 5.56 Å². The molecule has 0 radical (unpaired) electrons. The van der Waals surface area contributed by atoms with Crippen LogP contribution >= 0.6 is 47.8 Å². The second-order valence-corrected chi connectivity index (χ2v) is 6.02.